The lowest BCUT2D eigenvalue weighted by Gasteiger charge is -2.27. The van der Waals surface area contributed by atoms with E-state index in [1.54, 1.807) is 23.3 Å². The molecule has 0 bridgehead atoms. The molecule has 0 aliphatic carbocycles. The summed E-state index contributed by atoms with van der Waals surface area (Å²) in [6.07, 6.45) is 5.22. The van der Waals surface area contributed by atoms with Crippen molar-refractivity contribution >= 4 is 17.0 Å². The highest BCUT2D eigenvalue weighted by molar-refractivity contribution is 5.82. The predicted molar refractivity (Wildman–Crippen MR) is 108 cm³/mol. The van der Waals surface area contributed by atoms with Gasteiger partial charge in [0.15, 0.2) is 5.65 Å². The number of aromatic nitrogens is 5. The smallest absolute Gasteiger partial charge is 0.230 e. The van der Waals surface area contributed by atoms with Crippen molar-refractivity contribution in [2.75, 3.05) is 31.2 Å². The second-order valence-electron chi connectivity index (χ2n) is 6.70. The summed E-state index contributed by atoms with van der Waals surface area (Å²) >= 11 is 0. The van der Waals surface area contributed by atoms with Gasteiger partial charge in [0.1, 0.15) is 12.0 Å². The van der Waals surface area contributed by atoms with E-state index in [1.807, 2.05) is 42.5 Å². The fourth-order valence-electron chi connectivity index (χ4n) is 3.29. The van der Waals surface area contributed by atoms with Crippen LogP contribution >= 0.6 is 0 Å². The van der Waals surface area contributed by atoms with Gasteiger partial charge in [-0.2, -0.15) is 15.1 Å². The van der Waals surface area contributed by atoms with E-state index in [2.05, 4.69) is 15.0 Å². The lowest BCUT2D eigenvalue weighted by atomic mass is 10.2. The van der Waals surface area contributed by atoms with Crippen LogP contribution in [0.2, 0.25) is 0 Å². The first-order valence-corrected chi connectivity index (χ1v) is 9.54. The molecular weight excluding hydrogens is 368 g/mol. The molecule has 5 rings (SSSR count). The first-order chi connectivity index (χ1) is 14.4. The predicted octanol–water partition coefficient (Wildman–Crippen LogP) is 2.63. The highest BCUT2D eigenvalue weighted by Gasteiger charge is 2.20. The molecule has 146 valence electrons. The van der Waals surface area contributed by atoms with Gasteiger partial charge >= 0.3 is 0 Å². The van der Waals surface area contributed by atoms with Gasteiger partial charge in [0.2, 0.25) is 11.8 Å². The Balaban J connectivity index is 1.57. The zero-order chi connectivity index (χ0) is 19.5. The van der Waals surface area contributed by atoms with Gasteiger partial charge in [0.25, 0.3) is 0 Å². The normalized spacial score (nSPS) is 14.3. The molecule has 1 aliphatic heterocycles. The van der Waals surface area contributed by atoms with Crippen LogP contribution in [0, 0.1) is 0 Å². The number of rotatable bonds is 5. The Kier molecular flexibility index (Phi) is 4.75. The molecule has 4 aromatic rings. The maximum atomic E-state index is 6.11. The summed E-state index contributed by atoms with van der Waals surface area (Å²) in [4.78, 5) is 15.7. The highest BCUT2D eigenvalue weighted by Crippen LogP contribution is 2.28. The van der Waals surface area contributed by atoms with Crippen molar-refractivity contribution in [1.29, 1.82) is 0 Å². The number of anilines is 1. The molecule has 3 aromatic heterocycles. The Morgan fingerprint density at radius 3 is 2.55 bits per heavy atom. The molecule has 8 nitrogen and oxygen atoms in total. The summed E-state index contributed by atoms with van der Waals surface area (Å²) in [7, 11) is 0. The second-order valence-corrected chi connectivity index (χ2v) is 6.70. The molecule has 0 N–H and O–H groups in total. The largest absolute Gasteiger partial charge is 0.472 e. The van der Waals surface area contributed by atoms with Gasteiger partial charge in [0.05, 0.1) is 25.1 Å². The minimum atomic E-state index is 0.427. The molecule has 0 radical (unpaired) electrons. The van der Waals surface area contributed by atoms with E-state index >= 15 is 0 Å². The molecular formula is C21H20N6O2. The Bertz CT molecular complexity index is 1090. The Hall–Kier alpha value is -3.52. The molecule has 1 aliphatic rings. The van der Waals surface area contributed by atoms with E-state index in [4.69, 9.17) is 19.4 Å². The van der Waals surface area contributed by atoms with Crippen LogP contribution in [0.25, 0.3) is 16.7 Å². The number of fused-ring (bicyclic) bond motifs is 1. The fourth-order valence-corrected chi connectivity index (χ4v) is 3.29. The number of nitrogens with zero attached hydrogens (tertiary/aromatic N) is 6. The van der Waals surface area contributed by atoms with Crippen LogP contribution in [0.15, 0.2) is 61.1 Å². The van der Waals surface area contributed by atoms with Crippen molar-refractivity contribution in [2.45, 2.75) is 6.61 Å². The number of pyridine rings is 1. The van der Waals surface area contributed by atoms with Crippen molar-refractivity contribution in [3.63, 3.8) is 0 Å². The first-order valence-electron chi connectivity index (χ1n) is 9.54. The van der Waals surface area contributed by atoms with Crippen LogP contribution in [-0.4, -0.2) is 51.0 Å². The van der Waals surface area contributed by atoms with E-state index in [9.17, 15) is 0 Å². The SMILES string of the molecule is c1ccc(COc2nc(N3CCOCC3)nc3c2cnn3-c2ccncc2)cc1. The van der Waals surface area contributed by atoms with Crippen LogP contribution in [-0.2, 0) is 11.3 Å². The highest BCUT2D eigenvalue weighted by atomic mass is 16.5. The van der Waals surface area contributed by atoms with Gasteiger partial charge in [-0.05, 0) is 17.7 Å². The minimum Gasteiger partial charge on any atom is -0.472 e. The third-order valence-corrected chi connectivity index (χ3v) is 4.80. The van der Waals surface area contributed by atoms with E-state index in [0.717, 1.165) is 29.7 Å². The molecule has 1 saturated heterocycles. The first kappa shape index (κ1) is 17.6. The summed E-state index contributed by atoms with van der Waals surface area (Å²) in [5, 5.41) is 5.30. The van der Waals surface area contributed by atoms with Crippen molar-refractivity contribution in [3.8, 4) is 11.6 Å². The molecule has 1 aromatic carbocycles. The Morgan fingerprint density at radius 1 is 0.966 bits per heavy atom. The molecule has 0 amide bonds. The monoisotopic (exact) mass is 388 g/mol. The molecule has 4 heterocycles. The minimum absolute atomic E-state index is 0.427. The lowest BCUT2D eigenvalue weighted by Crippen LogP contribution is -2.37. The molecule has 0 atom stereocenters. The van der Waals surface area contributed by atoms with Crippen molar-refractivity contribution in [1.82, 2.24) is 24.7 Å². The van der Waals surface area contributed by atoms with Crippen LogP contribution in [0.4, 0.5) is 5.95 Å². The van der Waals surface area contributed by atoms with Crippen molar-refractivity contribution in [2.24, 2.45) is 0 Å². The van der Waals surface area contributed by atoms with Crippen molar-refractivity contribution in [3.05, 3.63) is 66.6 Å². The van der Waals surface area contributed by atoms with Gasteiger partial charge in [-0.15, -0.1) is 0 Å². The number of hydrogen-bond donors (Lipinski definition) is 0. The topological polar surface area (TPSA) is 78.2 Å². The maximum Gasteiger partial charge on any atom is 0.230 e. The third-order valence-electron chi connectivity index (χ3n) is 4.80. The Morgan fingerprint density at radius 2 is 1.76 bits per heavy atom. The zero-order valence-corrected chi connectivity index (χ0v) is 15.8. The average Bonchev–Trinajstić information content (AvgIpc) is 3.23. The van der Waals surface area contributed by atoms with Crippen molar-refractivity contribution < 1.29 is 9.47 Å². The summed E-state index contributed by atoms with van der Waals surface area (Å²) < 4.78 is 13.4. The van der Waals surface area contributed by atoms with Gasteiger partial charge in [-0.1, -0.05) is 30.3 Å². The maximum absolute atomic E-state index is 6.11. The molecule has 1 fully saturated rings. The number of hydrogen-bond acceptors (Lipinski definition) is 7. The van der Waals surface area contributed by atoms with Gasteiger partial charge in [-0.25, -0.2) is 4.68 Å². The van der Waals surface area contributed by atoms with Crippen LogP contribution in [0.5, 0.6) is 5.88 Å². The van der Waals surface area contributed by atoms with Gasteiger partial charge < -0.3 is 14.4 Å². The molecule has 8 heteroatoms. The second kappa shape index (κ2) is 7.84. The van der Waals surface area contributed by atoms with E-state index in [0.29, 0.717) is 37.3 Å². The van der Waals surface area contributed by atoms with Crippen LogP contribution in [0.1, 0.15) is 5.56 Å². The van der Waals surface area contributed by atoms with Crippen LogP contribution < -0.4 is 9.64 Å². The number of ether oxygens (including phenoxy) is 2. The summed E-state index contributed by atoms with van der Waals surface area (Å²) in [6.45, 7) is 3.23. The van der Waals surface area contributed by atoms with E-state index in [1.165, 1.54) is 0 Å². The summed E-state index contributed by atoms with van der Waals surface area (Å²) in [5.74, 6) is 1.15. The zero-order valence-electron chi connectivity index (χ0n) is 15.8. The fraction of sp³-hybridized carbons (Fsp3) is 0.238. The summed E-state index contributed by atoms with van der Waals surface area (Å²) in [6, 6.07) is 13.8. The van der Waals surface area contributed by atoms with Gasteiger partial charge in [-0.3, -0.25) is 4.98 Å². The number of benzene rings is 1. The quantitative estimate of drug-likeness (QED) is 0.520. The molecule has 0 saturated carbocycles. The Labute approximate surface area is 167 Å². The van der Waals surface area contributed by atoms with E-state index < -0.39 is 0 Å². The molecule has 0 unspecified atom stereocenters. The standard InChI is InChI=1S/C21H20N6O2/c1-2-4-16(5-3-1)15-29-20-18-14-23-27(17-6-8-22-9-7-17)19(18)24-21(25-20)26-10-12-28-13-11-26/h1-9,14H,10-13,15H2. The van der Waals surface area contributed by atoms with Crippen LogP contribution in [0.3, 0.4) is 0 Å². The average molecular weight is 388 g/mol. The lowest BCUT2D eigenvalue weighted by molar-refractivity contribution is 0.122. The van der Waals surface area contributed by atoms with Gasteiger partial charge in [0, 0.05) is 25.5 Å². The summed E-state index contributed by atoms with van der Waals surface area (Å²) in [5.41, 5.74) is 2.67. The number of morpholine rings is 1. The third kappa shape index (κ3) is 3.62. The molecule has 0 spiro atoms. The molecule has 29 heavy (non-hydrogen) atoms. The van der Waals surface area contributed by atoms with E-state index in [-0.39, 0.29) is 0 Å².